The zero-order valence-electron chi connectivity index (χ0n) is 10.9. The van der Waals surface area contributed by atoms with Gasteiger partial charge < -0.3 is 4.52 Å². The molecule has 0 fully saturated rings. The van der Waals surface area contributed by atoms with Gasteiger partial charge in [0, 0.05) is 11.1 Å². The number of hydrogen-bond acceptors (Lipinski definition) is 2. The molecule has 17 heavy (non-hydrogen) atoms. The molecule has 0 saturated heterocycles. The van der Waals surface area contributed by atoms with E-state index in [1.807, 2.05) is 25.1 Å². The van der Waals surface area contributed by atoms with E-state index in [0.29, 0.717) is 0 Å². The van der Waals surface area contributed by atoms with Crippen molar-refractivity contribution in [3.63, 3.8) is 0 Å². The Balaban J connectivity index is 2.58. The van der Waals surface area contributed by atoms with Crippen LogP contribution < -0.4 is 0 Å². The molecule has 0 unspecified atom stereocenters. The van der Waals surface area contributed by atoms with Gasteiger partial charge in [0.05, 0.1) is 0 Å². The molecule has 0 aliphatic rings. The summed E-state index contributed by atoms with van der Waals surface area (Å²) in [6.45, 7) is 8.66. The topological polar surface area (TPSA) is 26.0 Å². The lowest BCUT2D eigenvalue weighted by Crippen LogP contribution is -2.17. The standard InChI is InChI=1S/C15H19NO/c1-5-15(3,4)13-11(2)17-16-14(13)12-9-7-6-8-10-12/h6-10H,5H2,1-4H3. The lowest BCUT2D eigenvalue weighted by atomic mass is 9.80. The fourth-order valence-corrected chi connectivity index (χ4v) is 2.14. The highest BCUT2D eigenvalue weighted by Crippen LogP contribution is 2.36. The first-order chi connectivity index (χ1) is 8.06. The van der Waals surface area contributed by atoms with Gasteiger partial charge in [-0.3, -0.25) is 0 Å². The second-order valence-electron chi connectivity index (χ2n) is 5.07. The van der Waals surface area contributed by atoms with E-state index < -0.39 is 0 Å². The fraction of sp³-hybridized carbons (Fsp3) is 0.400. The van der Waals surface area contributed by atoms with Crippen molar-refractivity contribution in [2.75, 3.05) is 0 Å². The van der Waals surface area contributed by atoms with Crippen molar-refractivity contribution in [1.29, 1.82) is 0 Å². The molecule has 0 radical (unpaired) electrons. The zero-order valence-corrected chi connectivity index (χ0v) is 10.9. The molecule has 0 N–H and O–H groups in total. The van der Waals surface area contributed by atoms with E-state index in [1.54, 1.807) is 0 Å². The number of hydrogen-bond donors (Lipinski definition) is 0. The van der Waals surface area contributed by atoms with Crippen molar-refractivity contribution in [3.8, 4) is 11.3 Å². The Kier molecular flexibility index (Phi) is 3.05. The minimum absolute atomic E-state index is 0.0925. The Morgan fingerprint density at radius 2 is 1.82 bits per heavy atom. The number of aryl methyl sites for hydroxylation is 1. The van der Waals surface area contributed by atoms with Crippen molar-refractivity contribution < 1.29 is 4.52 Å². The number of aromatic nitrogens is 1. The van der Waals surface area contributed by atoms with Crippen LogP contribution in [0, 0.1) is 6.92 Å². The molecule has 2 rings (SSSR count). The lowest BCUT2D eigenvalue weighted by molar-refractivity contribution is 0.391. The Bertz CT molecular complexity index is 497. The first-order valence-electron chi connectivity index (χ1n) is 6.08. The molecule has 2 heteroatoms. The quantitative estimate of drug-likeness (QED) is 0.782. The molecule has 0 amide bonds. The summed E-state index contributed by atoms with van der Waals surface area (Å²) in [5, 5.41) is 4.23. The monoisotopic (exact) mass is 229 g/mol. The van der Waals surface area contributed by atoms with E-state index in [4.69, 9.17) is 4.52 Å². The average molecular weight is 229 g/mol. The number of rotatable bonds is 3. The van der Waals surface area contributed by atoms with Crippen LogP contribution in [0.5, 0.6) is 0 Å². The van der Waals surface area contributed by atoms with Crippen LogP contribution in [0.25, 0.3) is 11.3 Å². The molecule has 0 saturated carbocycles. The molecule has 0 aliphatic carbocycles. The smallest absolute Gasteiger partial charge is 0.138 e. The molecular formula is C15H19NO. The van der Waals surface area contributed by atoms with E-state index in [0.717, 1.165) is 23.4 Å². The normalized spacial score (nSPS) is 11.8. The molecular weight excluding hydrogens is 210 g/mol. The van der Waals surface area contributed by atoms with Crippen molar-refractivity contribution in [2.24, 2.45) is 0 Å². The number of benzene rings is 1. The highest BCUT2D eigenvalue weighted by Gasteiger charge is 2.28. The maximum atomic E-state index is 5.39. The van der Waals surface area contributed by atoms with Crippen LogP contribution in [0.1, 0.15) is 38.5 Å². The molecule has 0 aliphatic heterocycles. The van der Waals surface area contributed by atoms with Gasteiger partial charge in [-0.25, -0.2) is 0 Å². The maximum absolute atomic E-state index is 5.39. The molecule has 90 valence electrons. The Hall–Kier alpha value is -1.57. The summed E-state index contributed by atoms with van der Waals surface area (Å²) in [7, 11) is 0. The molecule has 2 aromatic rings. The van der Waals surface area contributed by atoms with E-state index in [-0.39, 0.29) is 5.41 Å². The van der Waals surface area contributed by atoms with E-state index in [2.05, 4.69) is 38.1 Å². The second kappa shape index (κ2) is 4.36. The summed E-state index contributed by atoms with van der Waals surface area (Å²) in [6, 6.07) is 10.2. The highest BCUT2D eigenvalue weighted by atomic mass is 16.5. The van der Waals surface area contributed by atoms with Crippen LogP contribution >= 0.6 is 0 Å². The van der Waals surface area contributed by atoms with Gasteiger partial charge in [-0.15, -0.1) is 0 Å². The van der Waals surface area contributed by atoms with E-state index in [9.17, 15) is 0 Å². The minimum atomic E-state index is 0.0925. The molecule has 0 spiro atoms. The summed E-state index contributed by atoms with van der Waals surface area (Å²) in [4.78, 5) is 0. The van der Waals surface area contributed by atoms with Crippen molar-refractivity contribution in [3.05, 3.63) is 41.7 Å². The third-order valence-electron chi connectivity index (χ3n) is 3.47. The molecule has 2 nitrogen and oxygen atoms in total. The van der Waals surface area contributed by atoms with Crippen molar-refractivity contribution in [2.45, 2.75) is 39.5 Å². The first kappa shape index (κ1) is 11.9. The maximum Gasteiger partial charge on any atom is 0.138 e. The van der Waals surface area contributed by atoms with Gasteiger partial charge >= 0.3 is 0 Å². The molecule has 1 heterocycles. The Labute approximate surface area is 103 Å². The molecule has 1 aromatic heterocycles. The van der Waals surface area contributed by atoms with Gasteiger partial charge in [-0.1, -0.05) is 56.3 Å². The van der Waals surface area contributed by atoms with Crippen molar-refractivity contribution in [1.82, 2.24) is 5.16 Å². The van der Waals surface area contributed by atoms with Crippen LogP contribution in [-0.2, 0) is 5.41 Å². The van der Waals surface area contributed by atoms with Gasteiger partial charge in [-0.05, 0) is 18.8 Å². The average Bonchev–Trinajstić information content (AvgIpc) is 2.73. The summed E-state index contributed by atoms with van der Waals surface area (Å²) in [6.07, 6.45) is 1.06. The van der Waals surface area contributed by atoms with Gasteiger partial charge in [0.2, 0.25) is 0 Å². The molecule has 0 bridgehead atoms. The van der Waals surface area contributed by atoms with Gasteiger partial charge in [0.15, 0.2) is 0 Å². The van der Waals surface area contributed by atoms with Gasteiger partial charge in [-0.2, -0.15) is 0 Å². The Morgan fingerprint density at radius 3 is 2.41 bits per heavy atom. The van der Waals surface area contributed by atoms with Crippen LogP contribution in [0.4, 0.5) is 0 Å². The number of nitrogens with zero attached hydrogens (tertiary/aromatic N) is 1. The SMILES string of the molecule is CCC(C)(C)c1c(-c2ccccc2)noc1C. The van der Waals surface area contributed by atoms with Crippen LogP contribution in [0.2, 0.25) is 0 Å². The minimum Gasteiger partial charge on any atom is -0.361 e. The Morgan fingerprint density at radius 1 is 1.18 bits per heavy atom. The van der Waals surface area contributed by atoms with Crippen LogP contribution in [0.3, 0.4) is 0 Å². The van der Waals surface area contributed by atoms with Crippen LogP contribution in [-0.4, -0.2) is 5.16 Å². The molecule has 0 atom stereocenters. The summed E-state index contributed by atoms with van der Waals surface area (Å²) in [5.41, 5.74) is 3.43. The third-order valence-corrected chi connectivity index (χ3v) is 3.47. The van der Waals surface area contributed by atoms with E-state index >= 15 is 0 Å². The summed E-state index contributed by atoms with van der Waals surface area (Å²) < 4.78 is 5.39. The summed E-state index contributed by atoms with van der Waals surface area (Å²) in [5.74, 6) is 0.927. The fourth-order valence-electron chi connectivity index (χ4n) is 2.14. The van der Waals surface area contributed by atoms with Gasteiger partial charge in [0.25, 0.3) is 0 Å². The van der Waals surface area contributed by atoms with Crippen LogP contribution in [0.15, 0.2) is 34.9 Å². The lowest BCUT2D eigenvalue weighted by Gasteiger charge is -2.23. The van der Waals surface area contributed by atoms with E-state index in [1.165, 1.54) is 5.56 Å². The highest BCUT2D eigenvalue weighted by molar-refractivity contribution is 5.64. The van der Waals surface area contributed by atoms with Crippen molar-refractivity contribution >= 4 is 0 Å². The summed E-state index contributed by atoms with van der Waals surface area (Å²) >= 11 is 0. The second-order valence-corrected chi connectivity index (χ2v) is 5.07. The molecule has 1 aromatic carbocycles. The largest absolute Gasteiger partial charge is 0.361 e. The first-order valence-corrected chi connectivity index (χ1v) is 6.08. The predicted octanol–water partition coefficient (Wildman–Crippen LogP) is 4.34. The van der Waals surface area contributed by atoms with Gasteiger partial charge in [0.1, 0.15) is 11.5 Å². The predicted molar refractivity (Wildman–Crippen MR) is 70.0 cm³/mol. The third kappa shape index (κ3) is 2.12. The zero-order chi connectivity index (χ0) is 12.5.